The summed E-state index contributed by atoms with van der Waals surface area (Å²) in [7, 11) is -4.28. The normalized spacial score (nSPS) is 17.6. The maximum absolute atomic E-state index is 13.3. The van der Waals surface area contributed by atoms with E-state index in [1.54, 1.807) is 0 Å². The van der Waals surface area contributed by atoms with Crippen LogP contribution < -0.4 is 9.46 Å². The van der Waals surface area contributed by atoms with Crippen molar-refractivity contribution in [2.24, 2.45) is 5.92 Å². The first-order valence-electron chi connectivity index (χ1n) is 10.1. The number of nitrogens with one attached hydrogen (secondary N) is 1. The van der Waals surface area contributed by atoms with Crippen LogP contribution in [0.4, 0.5) is 14.5 Å². The third-order valence-corrected chi connectivity index (χ3v) is 7.38. The molecule has 0 saturated heterocycles. The molecule has 2 saturated carbocycles. The molecular weight excluding hydrogens is 478 g/mol. The number of carboxylic acid groups (broad SMARTS) is 1. The van der Waals surface area contributed by atoms with Gasteiger partial charge in [0.25, 0.3) is 10.0 Å². The first kappa shape index (κ1) is 23.3. The van der Waals surface area contributed by atoms with Crippen LogP contribution in [0, 0.1) is 17.2 Å². The lowest BCUT2D eigenvalue weighted by atomic mass is 9.82. The Balaban J connectivity index is 1.67. The van der Waals surface area contributed by atoms with E-state index in [0.717, 1.165) is 18.9 Å². The fourth-order valence-electron chi connectivity index (χ4n) is 3.78. The summed E-state index contributed by atoms with van der Waals surface area (Å²) in [5.74, 6) is -4.40. The third-order valence-electron chi connectivity index (χ3n) is 5.65. The molecule has 0 radical (unpaired) electrons. The van der Waals surface area contributed by atoms with Crippen LogP contribution in [0.25, 0.3) is 0 Å². The lowest BCUT2D eigenvalue weighted by molar-refractivity contribution is -0.119. The smallest absolute Gasteiger partial charge is 0.335 e. The van der Waals surface area contributed by atoms with Gasteiger partial charge in [-0.25, -0.2) is 22.0 Å². The molecule has 4 rings (SSSR count). The number of rotatable bonds is 8. The Morgan fingerprint density at radius 3 is 2.55 bits per heavy atom. The number of alkyl halides is 2. The minimum absolute atomic E-state index is 0.00955. The van der Waals surface area contributed by atoms with E-state index >= 15 is 0 Å². The molecule has 0 aromatic heterocycles. The van der Waals surface area contributed by atoms with Gasteiger partial charge in [-0.1, -0.05) is 17.7 Å². The third kappa shape index (κ3) is 5.04. The summed E-state index contributed by atoms with van der Waals surface area (Å²) in [6.45, 7) is -0.0750. The fourth-order valence-corrected chi connectivity index (χ4v) is 5.36. The molecule has 2 fully saturated rings. The molecule has 7 nitrogen and oxygen atoms in total. The Labute approximate surface area is 194 Å². The van der Waals surface area contributed by atoms with E-state index in [-0.39, 0.29) is 57.8 Å². The van der Waals surface area contributed by atoms with Gasteiger partial charge in [-0.15, -0.1) is 0 Å². The lowest BCUT2D eigenvalue weighted by Gasteiger charge is -2.34. The Bertz CT molecular complexity index is 1260. The van der Waals surface area contributed by atoms with Crippen molar-refractivity contribution in [2.45, 2.75) is 42.4 Å². The van der Waals surface area contributed by atoms with E-state index in [1.807, 2.05) is 6.07 Å². The van der Waals surface area contributed by atoms with Crippen LogP contribution in [0.15, 0.2) is 35.2 Å². The highest BCUT2D eigenvalue weighted by Gasteiger charge is 2.45. The average Bonchev–Trinajstić information content (AvgIpc) is 3.56. The van der Waals surface area contributed by atoms with Crippen LogP contribution in [-0.2, 0) is 10.0 Å². The number of aromatic carboxylic acids is 1. The molecule has 0 spiro atoms. The Morgan fingerprint density at radius 1 is 1.27 bits per heavy atom. The van der Waals surface area contributed by atoms with Gasteiger partial charge in [-0.05, 0) is 42.5 Å². The van der Waals surface area contributed by atoms with E-state index in [0.29, 0.717) is 5.56 Å². The van der Waals surface area contributed by atoms with Crippen molar-refractivity contribution in [1.29, 1.82) is 5.26 Å². The second kappa shape index (κ2) is 8.47. The number of sulfonamides is 1. The summed E-state index contributed by atoms with van der Waals surface area (Å²) < 4.78 is 60.8. The van der Waals surface area contributed by atoms with Gasteiger partial charge in [0.15, 0.2) is 0 Å². The Morgan fingerprint density at radius 2 is 1.97 bits per heavy atom. The zero-order chi connectivity index (χ0) is 24.0. The van der Waals surface area contributed by atoms with Crippen molar-refractivity contribution < 1.29 is 31.8 Å². The first-order valence-corrected chi connectivity index (χ1v) is 12.0. The molecule has 0 bridgehead atoms. The summed E-state index contributed by atoms with van der Waals surface area (Å²) in [4.78, 5) is 11.2. The number of hydrogen-bond donors (Lipinski definition) is 2. The van der Waals surface area contributed by atoms with Gasteiger partial charge in [0.1, 0.15) is 11.8 Å². The summed E-state index contributed by atoms with van der Waals surface area (Å²) in [6.07, 6.45) is 0.916. The van der Waals surface area contributed by atoms with Gasteiger partial charge >= 0.3 is 5.97 Å². The van der Waals surface area contributed by atoms with Crippen molar-refractivity contribution in [3.63, 3.8) is 0 Å². The summed E-state index contributed by atoms with van der Waals surface area (Å²) in [5, 5.41) is 18.6. The van der Waals surface area contributed by atoms with Gasteiger partial charge < -0.3 is 9.84 Å². The molecule has 0 unspecified atom stereocenters. The highest BCUT2D eigenvalue weighted by Crippen LogP contribution is 2.45. The number of nitriles is 1. The van der Waals surface area contributed by atoms with Crippen LogP contribution in [0.1, 0.15) is 53.1 Å². The quantitative estimate of drug-likeness (QED) is 0.530. The predicted octanol–water partition coefficient (Wildman–Crippen LogP) is 5.01. The van der Waals surface area contributed by atoms with Gasteiger partial charge in [0, 0.05) is 24.8 Å². The van der Waals surface area contributed by atoms with Crippen LogP contribution in [0.2, 0.25) is 5.02 Å². The second-order valence-electron chi connectivity index (χ2n) is 8.32. The molecule has 2 aliphatic rings. The van der Waals surface area contributed by atoms with E-state index in [1.165, 1.54) is 24.3 Å². The molecule has 0 heterocycles. The van der Waals surface area contributed by atoms with E-state index in [9.17, 15) is 32.4 Å². The van der Waals surface area contributed by atoms with Crippen molar-refractivity contribution in [3.8, 4) is 11.8 Å². The molecule has 174 valence electrons. The number of ether oxygens (including phenoxy) is 1. The van der Waals surface area contributed by atoms with Crippen LogP contribution >= 0.6 is 11.6 Å². The minimum atomic E-state index is -4.28. The number of carboxylic acids is 1. The Kier molecular flexibility index (Phi) is 5.97. The predicted molar refractivity (Wildman–Crippen MR) is 116 cm³/mol. The number of benzene rings is 2. The number of nitrogens with zero attached hydrogens (tertiary/aromatic N) is 1. The maximum Gasteiger partial charge on any atom is 0.335 e. The second-order valence-corrected chi connectivity index (χ2v) is 10.4. The molecule has 2 aromatic rings. The molecule has 2 aliphatic carbocycles. The van der Waals surface area contributed by atoms with E-state index in [2.05, 4.69) is 4.72 Å². The van der Waals surface area contributed by atoms with Gasteiger partial charge in [0.2, 0.25) is 5.92 Å². The average molecular weight is 497 g/mol. The number of hydrogen-bond acceptors (Lipinski definition) is 5. The molecule has 11 heteroatoms. The first-order chi connectivity index (χ1) is 15.5. The molecule has 0 amide bonds. The number of halogens is 3. The van der Waals surface area contributed by atoms with Crippen molar-refractivity contribution in [1.82, 2.24) is 0 Å². The largest absolute Gasteiger partial charge is 0.491 e. The van der Waals surface area contributed by atoms with Gasteiger partial charge in [-0.2, -0.15) is 5.26 Å². The van der Waals surface area contributed by atoms with Gasteiger partial charge in [-0.3, -0.25) is 4.72 Å². The Hall–Kier alpha value is -2.90. The number of anilines is 1. The van der Waals surface area contributed by atoms with E-state index < -0.39 is 27.8 Å². The van der Waals surface area contributed by atoms with Crippen LogP contribution in [0.5, 0.6) is 5.75 Å². The van der Waals surface area contributed by atoms with Crippen molar-refractivity contribution in [2.75, 3.05) is 11.3 Å². The van der Waals surface area contributed by atoms with Gasteiger partial charge in [0.05, 0.1) is 33.3 Å². The van der Waals surface area contributed by atoms with Crippen molar-refractivity contribution in [3.05, 3.63) is 52.0 Å². The fraction of sp³-hybridized carbons (Fsp3) is 0.364. The highest BCUT2D eigenvalue weighted by molar-refractivity contribution is 7.92. The molecule has 0 atom stereocenters. The monoisotopic (exact) mass is 496 g/mol. The number of carbonyl (C=O) groups is 1. The van der Waals surface area contributed by atoms with Crippen LogP contribution in [-0.4, -0.2) is 32.0 Å². The maximum atomic E-state index is 13.3. The summed E-state index contributed by atoms with van der Waals surface area (Å²) in [5.41, 5.74) is 0.209. The molecule has 2 N–H and O–H groups in total. The minimum Gasteiger partial charge on any atom is -0.491 e. The SMILES string of the molecule is N#Cc1cc(NS(=O)(=O)c2cc(C(=O)O)ccc2C2CC2)c(OCC2CC(F)(F)C2)cc1Cl. The highest BCUT2D eigenvalue weighted by atomic mass is 35.5. The molecule has 2 aromatic carbocycles. The molecule has 33 heavy (non-hydrogen) atoms. The molecular formula is C22H19ClF2N2O5S. The standard InChI is InChI=1S/C22H19ClF2N2O5S/c23-17-7-19(32-11-12-8-22(24,25)9-12)18(5-15(17)10-26)27-33(30,31)20-6-14(21(28)29)3-4-16(20)13-1-2-13/h3-7,12-13,27H,1-2,8-9,11H2,(H,28,29). The summed E-state index contributed by atoms with van der Waals surface area (Å²) >= 11 is 6.06. The summed E-state index contributed by atoms with van der Waals surface area (Å²) in [6, 6.07) is 8.24. The van der Waals surface area contributed by atoms with Crippen molar-refractivity contribution >= 4 is 33.3 Å². The van der Waals surface area contributed by atoms with E-state index in [4.69, 9.17) is 16.3 Å². The molecule has 0 aliphatic heterocycles. The van der Waals surface area contributed by atoms with Crippen LogP contribution in [0.3, 0.4) is 0 Å². The topological polar surface area (TPSA) is 116 Å². The lowest BCUT2D eigenvalue weighted by Crippen LogP contribution is -2.38. The zero-order valence-corrected chi connectivity index (χ0v) is 18.7. The zero-order valence-electron chi connectivity index (χ0n) is 17.1.